The minimum atomic E-state index is -0.969. The zero-order valence-corrected chi connectivity index (χ0v) is 14.7. The fourth-order valence-corrected chi connectivity index (χ4v) is 2.90. The van der Waals surface area contributed by atoms with Crippen molar-refractivity contribution >= 4 is 29.6 Å². The Morgan fingerprint density at radius 3 is 2.68 bits per heavy atom. The summed E-state index contributed by atoms with van der Waals surface area (Å²) in [6.07, 6.45) is 0.735. The smallest absolute Gasteiger partial charge is 0.410 e. The van der Waals surface area contributed by atoms with E-state index >= 15 is 0 Å². The van der Waals surface area contributed by atoms with E-state index in [9.17, 15) is 14.4 Å². The summed E-state index contributed by atoms with van der Waals surface area (Å²) in [5, 5.41) is 2.52. The Morgan fingerprint density at radius 2 is 2.04 bits per heavy atom. The molecule has 8 heteroatoms. The molecule has 2 rings (SSSR count). The number of amides is 2. The summed E-state index contributed by atoms with van der Waals surface area (Å²) in [5.41, 5.74) is 0.867. The maximum absolute atomic E-state index is 12.4. The van der Waals surface area contributed by atoms with Crippen molar-refractivity contribution in [1.82, 2.24) is 10.2 Å². The Balaban J connectivity index is 2.04. The zero-order chi connectivity index (χ0) is 18.2. The molecule has 0 spiro atoms. The van der Waals surface area contributed by atoms with E-state index < -0.39 is 30.1 Å². The van der Waals surface area contributed by atoms with Gasteiger partial charge in [-0.15, -0.1) is 11.6 Å². The van der Waals surface area contributed by atoms with Crippen LogP contribution in [0.25, 0.3) is 0 Å². The largest absolute Gasteiger partial charge is 0.467 e. The zero-order valence-electron chi connectivity index (χ0n) is 13.9. The van der Waals surface area contributed by atoms with E-state index in [0.717, 1.165) is 5.56 Å². The molecule has 0 aromatic heterocycles. The summed E-state index contributed by atoms with van der Waals surface area (Å²) in [6.45, 7) is 0.586. The molecule has 1 N–H and O–H groups in total. The summed E-state index contributed by atoms with van der Waals surface area (Å²) >= 11 is 5.50. The van der Waals surface area contributed by atoms with Crippen molar-refractivity contribution in [2.75, 3.05) is 19.5 Å². The molecule has 1 saturated heterocycles. The van der Waals surface area contributed by atoms with Crippen LogP contribution >= 0.6 is 11.6 Å². The van der Waals surface area contributed by atoms with Crippen LogP contribution in [0, 0.1) is 0 Å². The number of halogens is 1. The Kier molecular flexibility index (Phi) is 7.06. The van der Waals surface area contributed by atoms with Crippen molar-refractivity contribution in [3.63, 3.8) is 0 Å². The first-order valence-electron chi connectivity index (χ1n) is 7.97. The van der Waals surface area contributed by atoms with Crippen LogP contribution < -0.4 is 5.32 Å². The number of carbonyl (C=O) groups excluding carboxylic acids is 3. The molecule has 0 unspecified atom stereocenters. The molecule has 1 aliphatic heterocycles. The van der Waals surface area contributed by atoms with Gasteiger partial charge in [-0.2, -0.15) is 0 Å². The van der Waals surface area contributed by atoms with Crippen LogP contribution in [0.4, 0.5) is 4.79 Å². The minimum absolute atomic E-state index is 0.139. The molecule has 2 amide bonds. The highest BCUT2D eigenvalue weighted by Gasteiger charge is 2.40. The fraction of sp³-hybridized carbons (Fsp3) is 0.471. The molecule has 0 aliphatic carbocycles. The number of hydrogen-bond acceptors (Lipinski definition) is 5. The van der Waals surface area contributed by atoms with Gasteiger partial charge in [0.25, 0.3) is 0 Å². The standard InChI is InChI=1S/C17H21ClN2O5/c1-24-16(22)15(19-14(21)10-18)13-8-5-9-20(13)17(23)25-11-12-6-3-2-4-7-12/h2-4,6-7,13,15H,5,8-11H2,1H3,(H,19,21)/t13-,15+/m0/s1. The van der Waals surface area contributed by atoms with E-state index in [1.54, 1.807) is 0 Å². The van der Waals surface area contributed by atoms with Gasteiger partial charge in [0, 0.05) is 6.54 Å². The highest BCUT2D eigenvalue weighted by atomic mass is 35.5. The van der Waals surface area contributed by atoms with Crippen molar-refractivity contribution in [3.8, 4) is 0 Å². The van der Waals surface area contributed by atoms with Crippen molar-refractivity contribution in [2.45, 2.75) is 31.5 Å². The molecule has 1 fully saturated rings. The maximum Gasteiger partial charge on any atom is 0.410 e. The van der Waals surface area contributed by atoms with Crippen LogP contribution in [0.5, 0.6) is 0 Å². The predicted octanol–water partition coefficient (Wildman–Crippen LogP) is 1.68. The predicted molar refractivity (Wildman–Crippen MR) is 91.0 cm³/mol. The Morgan fingerprint density at radius 1 is 1.32 bits per heavy atom. The molecule has 1 heterocycles. The number of methoxy groups -OCH3 is 1. The average molecular weight is 369 g/mol. The summed E-state index contributed by atoms with van der Waals surface area (Å²) in [7, 11) is 1.23. The number of esters is 1. The van der Waals surface area contributed by atoms with E-state index in [-0.39, 0.29) is 12.5 Å². The molecule has 0 bridgehead atoms. The van der Waals surface area contributed by atoms with Gasteiger partial charge in [-0.1, -0.05) is 30.3 Å². The van der Waals surface area contributed by atoms with Crippen LogP contribution in [0.15, 0.2) is 30.3 Å². The van der Waals surface area contributed by atoms with Gasteiger partial charge in [-0.05, 0) is 18.4 Å². The van der Waals surface area contributed by atoms with Gasteiger partial charge in [-0.25, -0.2) is 9.59 Å². The van der Waals surface area contributed by atoms with Crippen molar-refractivity contribution < 1.29 is 23.9 Å². The maximum atomic E-state index is 12.4. The van der Waals surface area contributed by atoms with Gasteiger partial charge in [-0.3, -0.25) is 4.79 Å². The summed E-state index contributed by atoms with van der Waals surface area (Å²) in [5.74, 6) is -1.40. The van der Waals surface area contributed by atoms with Crippen LogP contribution in [-0.2, 0) is 25.7 Å². The number of rotatable bonds is 6. The number of ether oxygens (including phenoxy) is 2. The van der Waals surface area contributed by atoms with E-state index in [2.05, 4.69) is 5.32 Å². The van der Waals surface area contributed by atoms with Gasteiger partial charge < -0.3 is 19.7 Å². The SMILES string of the molecule is COC(=O)[C@H](NC(=O)CCl)[C@@H]1CCCN1C(=O)OCc1ccccc1. The lowest BCUT2D eigenvalue weighted by Gasteiger charge is -2.29. The lowest BCUT2D eigenvalue weighted by atomic mass is 10.1. The molecule has 1 aromatic rings. The first kappa shape index (κ1) is 19.1. The number of hydrogen-bond donors (Lipinski definition) is 1. The third kappa shape index (κ3) is 5.09. The molecule has 1 aliphatic rings. The van der Waals surface area contributed by atoms with Crippen LogP contribution in [-0.4, -0.2) is 54.5 Å². The fourth-order valence-electron chi connectivity index (χ4n) is 2.82. The molecule has 2 atom stereocenters. The molecule has 7 nitrogen and oxygen atoms in total. The first-order chi connectivity index (χ1) is 12.1. The molecule has 0 saturated carbocycles. The third-order valence-electron chi connectivity index (χ3n) is 4.02. The lowest BCUT2D eigenvalue weighted by Crippen LogP contribution is -2.55. The van der Waals surface area contributed by atoms with Gasteiger partial charge >= 0.3 is 12.1 Å². The number of carbonyl (C=O) groups is 3. The van der Waals surface area contributed by atoms with E-state index in [0.29, 0.717) is 19.4 Å². The number of benzene rings is 1. The molecular weight excluding hydrogens is 348 g/mol. The Bertz CT molecular complexity index is 610. The van der Waals surface area contributed by atoms with Gasteiger partial charge in [0.05, 0.1) is 13.2 Å². The second-order valence-electron chi connectivity index (χ2n) is 5.65. The van der Waals surface area contributed by atoms with E-state index in [1.165, 1.54) is 12.0 Å². The quantitative estimate of drug-likeness (QED) is 0.610. The summed E-state index contributed by atoms with van der Waals surface area (Å²) in [6, 6.07) is 7.81. The Labute approximate surface area is 151 Å². The normalized spacial score (nSPS) is 17.7. The molecule has 136 valence electrons. The van der Waals surface area contributed by atoms with Gasteiger partial charge in [0.2, 0.25) is 5.91 Å². The highest BCUT2D eigenvalue weighted by molar-refractivity contribution is 6.27. The van der Waals surface area contributed by atoms with Crippen LogP contribution in [0.3, 0.4) is 0 Å². The Hall–Kier alpha value is -2.28. The van der Waals surface area contributed by atoms with E-state index in [1.807, 2.05) is 30.3 Å². The number of nitrogens with one attached hydrogen (secondary N) is 1. The highest BCUT2D eigenvalue weighted by Crippen LogP contribution is 2.22. The van der Waals surface area contributed by atoms with Gasteiger partial charge in [0.1, 0.15) is 18.5 Å². The van der Waals surface area contributed by atoms with Gasteiger partial charge in [0.15, 0.2) is 0 Å². The summed E-state index contributed by atoms with van der Waals surface area (Å²) in [4.78, 5) is 37.5. The van der Waals surface area contributed by atoms with Crippen molar-refractivity contribution in [3.05, 3.63) is 35.9 Å². The third-order valence-corrected chi connectivity index (χ3v) is 4.26. The van der Waals surface area contributed by atoms with Crippen LogP contribution in [0.1, 0.15) is 18.4 Å². The second-order valence-corrected chi connectivity index (χ2v) is 5.91. The van der Waals surface area contributed by atoms with Crippen molar-refractivity contribution in [2.24, 2.45) is 0 Å². The number of likely N-dealkylation sites (tertiary alicyclic amines) is 1. The molecule has 1 aromatic carbocycles. The molecule has 25 heavy (non-hydrogen) atoms. The monoisotopic (exact) mass is 368 g/mol. The molecular formula is C17H21ClN2O5. The first-order valence-corrected chi connectivity index (χ1v) is 8.50. The lowest BCUT2D eigenvalue weighted by molar-refractivity contribution is -0.146. The van der Waals surface area contributed by atoms with Crippen LogP contribution in [0.2, 0.25) is 0 Å². The molecule has 0 radical (unpaired) electrons. The summed E-state index contributed by atoms with van der Waals surface area (Å²) < 4.78 is 10.1. The van der Waals surface area contributed by atoms with Crippen molar-refractivity contribution in [1.29, 1.82) is 0 Å². The average Bonchev–Trinajstić information content (AvgIpc) is 3.13. The second kappa shape index (κ2) is 9.27. The number of alkyl halides is 1. The topological polar surface area (TPSA) is 84.9 Å². The number of nitrogens with zero attached hydrogens (tertiary/aromatic N) is 1. The minimum Gasteiger partial charge on any atom is -0.467 e. The van der Waals surface area contributed by atoms with E-state index in [4.69, 9.17) is 21.1 Å².